The predicted octanol–water partition coefficient (Wildman–Crippen LogP) is 4.96. The van der Waals surface area contributed by atoms with Crippen molar-refractivity contribution in [3.63, 3.8) is 0 Å². The molecule has 0 spiro atoms. The van der Waals surface area contributed by atoms with Crippen LogP contribution < -0.4 is 0 Å². The van der Waals surface area contributed by atoms with Gasteiger partial charge in [0.05, 0.1) is 0 Å². The highest BCUT2D eigenvalue weighted by molar-refractivity contribution is 6.33. The molecule has 0 aromatic heterocycles. The highest BCUT2D eigenvalue weighted by atomic mass is 35.5. The zero-order valence-electron chi connectivity index (χ0n) is 12.9. The molecular weight excluding hydrogens is 290 g/mol. The van der Waals surface area contributed by atoms with E-state index in [0.717, 1.165) is 16.6 Å². The van der Waals surface area contributed by atoms with Gasteiger partial charge in [0.15, 0.2) is 0 Å². The first-order valence-corrected chi connectivity index (χ1v) is 8.80. The van der Waals surface area contributed by atoms with Crippen LogP contribution in [0.1, 0.15) is 30.4 Å². The summed E-state index contributed by atoms with van der Waals surface area (Å²) in [6.45, 7) is 2.61. The van der Waals surface area contributed by atoms with E-state index in [2.05, 4.69) is 35.2 Å². The molecule has 1 saturated heterocycles. The number of hydrogen-bond donors (Lipinski definition) is 0. The molecule has 0 N–H and O–H groups in total. The lowest BCUT2D eigenvalue weighted by Gasteiger charge is -2.32. The van der Waals surface area contributed by atoms with Crippen LogP contribution in [0, 0.1) is 0 Å². The number of aryl methyl sites for hydroxylation is 1. The van der Waals surface area contributed by atoms with Gasteiger partial charge in [0, 0.05) is 16.6 Å². The van der Waals surface area contributed by atoms with Crippen LogP contribution in [-0.2, 0) is 12.8 Å². The molecule has 0 saturated carbocycles. The Morgan fingerprint density at radius 2 is 1.77 bits per heavy atom. The van der Waals surface area contributed by atoms with Crippen LogP contribution >= 0.6 is 11.6 Å². The van der Waals surface area contributed by atoms with Gasteiger partial charge in [-0.1, -0.05) is 48.0 Å². The standard InChI is InChI=1S/C20H22ClN/c21-20-6-2-1-5-19(20)17-8-7-16-14-18(10-9-15(16)13-17)22-11-3-4-12-22/h1-2,5-8,13,18H,3-4,9-12,14H2. The van der Waals surface area contributed by atoms with Crippen LogP contribution in [0.15, 0.2) is 42.5 Å². The molecule has 0 radical (unpaired) electrons. The summed E-state index contributed by atoms with van der Waals surface area (Å²) in [5.74, 6) is 0. The van der Waals surface area contributed by atoms with Gasteiger partial charge in [-0.2, -0.15) is 0 Å². The molecule has 1 fully saturated rings. The van der Waals surface area contributed by atoms with Crippen molar-refractivity contribution in [3.05, 3.63) is 58.6 Å². The quantitative estimate of drug-likeness (QED) is 0.757. The molecule has 2 aliphatic rings. The second kappa shape index (κ2) is 6.06. The number of likely N-dealkylation sites (tertiary alicyclic amines) is 1. The molecule has 1 atom stereocenters. The SMILES string of the molecule is Clc1ccccc1-c1ccc2c(c1)CCC(N1CCCC1)C2. The summed E-state index contributed by atoms with van der Waals surface area (Å²) in [7, 11) is 0. The van der Waals surface area contributed by atoms with Gasteiger partial charge in [-0.3, -0.25) is 0 Å². The van der Waals surface area contributed by atoms with Crippen molar-refractivity contribution in [1.82, 2.24) is 4.90 Å². The van der Waals surface area contributed by atoms with Gasteiger partial charge in [0.25, 0.3) is 0 Å². The number of rotatable bonds is 2. The normalized spacial score (nSPS) is 21.8. The van der Waals surface area contributed by atoms with Crippen LogP contribution in [-0.4, -0.2) is 24.0 Å². The van der Waals surface area contributed by atoms with Gasteiger partial charge < -0.3 is 4.90 Å². The zero-order chi connectivity index (χ0) is 14.9. The van der Waals surface area contributed by atoms with Gasteiger partial charge in [-0.05, 0) is 68.0 Å². The Hall–Kier alpha value is -1.31. The van der Waals surface area contributed by atoms with Crippen LogP contribution in [0.25, 0.3) is 11.1 Å². The first-order chi connectivity index (χ1) is 10.8. The van der Waals surface area contributed by atoms with E-state index in [-0.39, 0.29) is 0 Å². The van der Waals surface area contributed by atoms with E-state index in [9.17, 15) is 0 Å². The topological polar surface area (TPSA) is 3.24 Å². The highest BCUT2D eigenvalue weighted by Gasteiger charge is 2.26. The van der Waals surface area contributed by atoms with Crippen molar-refractivity contribution in [1.29, 1.82) is 0 Å². The number of fused-ring (bicyclic) bond motifs is 1. The second-order valence-corrected chi connectivity index (χ2v) is 7.01. The van der Waals surface area contributed by atoms with Crippen molar-refractivity contribution >= 4 is 11.6 Å². The lowest BCUT2D eigenvalue weighted by atomic mass is 9.85. The van der Waals surface area contributed by atoms with Crippen molar-refractivity contribution < 1.29 is 0 Å². The number of nitrogens with zero attached hydrogens (tertiary/aromatic N) is 1. The Balaban J connectivity index is 1.60. The van der Waals surface area contributed by atoms with Gasteiger partial charge in [-0.25, -0.2) is 0 Å². The van der Waals surface area contributed by atoms with Gasteiger partial charge in [0.1, 0.15) is 0 Å². The Labute approximate surface area is 137 Å². The minimum absolute atomic E-state index is 0.765. The fourth-order valence-corrected chi connectivity index (χ4v) is 4.26. The highest BCUT2D eigenvalue weighted by Crippen LogP contribution is 2.33. The van der Waals surface area contributed by atoms with Crippen molar-refractivity contribution in [2.24, 2.45) is 0 Å². The van der Waals surface area contributed by atoms with Crippen LogP contribution in [0.4, 0.5) is 0 Å². The smallest absolute Gasteiger partial charge is 0.0484 e. The number of halogens is 1. The monoisotopic (exact) mass is 311 g/mol. The van der Waals surface area contributed by atoms with Crippen LogP contribution in [0.2, 0.25) is 5.02 Å². The first-order valence-electron chi connectivity index (χ1n) is 8.42. The minimum atomic E-state index is 0.765. The average Bonchev–Trinajstić information content (AvgIpc) is 3.09. The summed E-state index contributed by atoms with van der Waals surface area (Å²) < 4.78 is 0. The molecule has 1 nitrogen and oxygen atoms in total. The summed E-state index contributed by atoms with van der Waals surface area (Å²) >= 11 is 6.34. The lowest BCUT2D eigenvalue weighted by Crippen LogP contribution is -2.37. The zero-order valence-corrected chi connectivity index (χ0v) is 13.6. The van der Waals surface area contributed by atoms with Crippen molar-refractivity contribution in [2.75, 3.05) is 13.1 Å². The molecular formula is C20H22ClN. The molecule has 1 aliphatic heterocycles. The Morgan fingerprint density at radius 3 is 2.59 bits per heavy atom. The lowest BCUT2D eigenvalue weighted by molar-refractivity contribution is 0.222. The molecule has 2 heteroatoms. The molecule has 1 unspecified atom stereocenters. The molecule has 114 valence electrons. The van der Waals surface area contributed by atoms with E-state index in [1.54, 1.807) is 5.56 Å². The maximum Gasteiger partial charge on any atom is 0.0484 e. The maximum absolute atomic E-state index is 6.34. The van der Waals surface area contributed by atoms with Crippen molar-refractivity contribution in [2.45, 2.75) is 38.1 Å². The Morgan fingerprint density at radius 1 is 0.955 bits per heavy atom. The largest absolute Gasteiger partial charge is 0.300 e. The minimum Gasteiger partial charge on any atom is -0.300 e. The van der Waals surface area contributed by atoms with E-state index in [4.69, 9.17) is 11.6 Å². The summed E-state index contributed by atoms with van der Waals surface area (Å²) in [5.41, 5.74) is 5.46. The van der Waals surface area contributed by atoms with E-state index in [1.807, 2.05) is 12.1 Å². The molecule has 1 heterocycles. The molecule has 2 aromatic carbocycles. The fraction of sp³-hybridized carbons (Fsp3) is 0.400. The Bertz CT molecular complexity index is 673. The molecule has 0 amide bonds. The van der Waals surface area contributed by atoms with Gasteiger partial charge >= 0.3 is 0 Å². The fourth-order valence-electron chi connectivity index (χ4n) is 4.02. The van der Waals surface area contributed by atoms with Crippen LogP contribution in [0.3, 0.4) is 0 Å². The van der Waals surface area contributed by atoms with Crippen LogP contribution in [0.5, 0.6) is 0 Å². The third kappa shape index (κ3) is 2.68. The first kappa shape index (κ1) is 14.3. The molecule has 2 aromatic rings. The summed E-state index contributed by atoms with van der Waals surface area (Å²) in [5, 5.41) is 0.841. The molecule has 22 heavy (non-hydrogen) atoms. The van der Waals surface area contributed by atoms with E-state index < -0.39 is 0 Å². The van der Waals surface area contributed by atoms with E-state index in [0.29, 0.717) is 0 Å². The summed E-state index contributed by atoms with van der Waals surface area (Å²) in [6, 6.07) is 15.8. The average molecular weight is 312 g/mol. The third-order valence-corrected chi connectivity index (χ3v) is 5.58. The number of hydrogen-bond acceptors (Lipinski definition) is 1. The predicted molar refractivity (Wildman–Crippen MR) is 93.5 cm³/mol. The second-order valence-electron chi connectivity index (χ2n) is 6.60. The van der Waals surface area contributed by atoms with Gasteiger partial charge in [-0.15, -0.1) is 0 Å². The summed E-state index contributed by atoms with van der Waals surface area (Å²) in [6.07, 6.45) is 6.50. The van der Waals surface area contributed by atoms with E-state index in [1.165, 1.54) is 56.3 Å². The summed E-state index contributed by atoms with van der Waals surface area (Å²) in [4.78, 5) is 2.70. The maximum atomic E-state index is 6.34. The van der Waals surface area contributed by atoms with Crippen molar-refractivity contribution in [3.8, 4) is 11.1 Å². The Kier molecular flexibility index (Phi) is 3.94. The number of benzene rings is 2. The van der Waals surface area contributed by atoms with Gasteiger partial charge in [0.2, 0.25) is 0 Å². The molecule has 1 aliphatic carbocycles. The third-order valence-electron chi connectivity index (χ3n) is 5.25. The molecule has 0 bridgehead atoms. The van der Waals surface area contributed by atoms with E-state index >= 15 is 0 Å². The molecule has 4 rings (SSSR count).